The van der Waals surface area contributed by atoms with Gasteiger partial charge in [-0.2, -0.15) is 5.10 Å². The predicted molar refractivity (Wildman–Crippen MR) is 60.0 cm³/mol. The minimum atomic E-state index is -0.684. The number of amides is 1. The van der Waals surface area contributed by atoms with Crippen molar-refractivity contribution in [1.29, 1.82) is 0 Å². The molecule has 0 bridgehead atoms. The van der Waals surface area contributed by atoms with Crippen LogP contribution in [0.25, 0.3) is 0 Å². The van der Waals surface area contributed by atoms with E-state index in [2.05, 4.69) is 5.10 Å². The molecule has 18 heavy (non-hydrogen) atoms. The van der Waals surface area contributed by atoms with Gasteiger partial charge in [0.15, 0.2) is 0 Å². The number of nitrogens with zero attached hydrogens (tertiary/aromatic N) is 4. The second kappa shape index (κ2) is 5.11. The van der Waals surface area contributed by atoms with E-state index >= 15 is 0 Å². The van der Waals surface area contributed by atoms with Crippen molar-refractivity contribution < 1.29 is 14.1 Å². The fraction of sp³-hybridized carbons (Fsp3) is 0.600. The molecule has 8 heteroatoms. The monoisotopic (exact) mass is 256 g/mol. The van der Waals surface area contributed by atoms with Crippen LogP contribution in [-0.4, -0.2) is 45.3 Å². The normalized spacial score (nSPS) is 15.1. The number of alkyl halides is 1. The van der Waals surface area contributed by atoms with E-state index in [-0.39, 0.29) is 17.9 Å². The van der Waals surface area contributed by atoms with E-state index in [1.807, 2.05) is 0 Å². The first-order chi connectivity index (χ1) is 8.63. The quantitative estimate of drug-likeness (QED) is 0.594. The molecule has 0 saturated carbocycles. The number of nitro groups is 1. The Morgan fingerprint density at radius 3 is 2.72 bits per heavy atom. The molecule has 0 unspecified atom stereocenters. The van der Waals surface area contributed by atoms with Crippen LogP contribution in [0.1, 0.15) is 23.3 Å². The fourth-order valence-corrected chi connectivity index (χ4v) is 1.97. The van der Waals surface area contributed by atoms with Crippen molar-refractivity contribution in [3.63, 3.8) is 0 Å². The van der Waals surface area contributed by atoms with Crippen LogP contribution < -0.4 is 0 Å². The Hall–Kier alpha value is -1.99. The molecule has 1 aliphatic rings. The predicted octanol–water partition coefficient (Wildman–Crippen LogP) is 0.997. The van der Waals surface area contributed by atoms with E-state index in [9.17, 15) is 19.3 Å². The summed E-state index contributed by atoms with van der Waals surface area (Å²) in [6.07, 6.45) is 2.89. The molecule has 1 amide bonds. The summed E-state index contributed by atoms with van der Waals surface area (Å²) in [5, 5.41) is 14.7. The first-order valence-corrected chi connectivity index (χ1v) is 5.70. The number of carbonyl (C=O) groups is 1. The van der Waals surface area contributed by atoms with Crippen LogP contribution in [0.4, 0.5) is 10.1 Å². The molecule has 1 aliphatic heterocycles. The van der Waals surface area contributed by atoms with Crippen molar-refractivity contribution in [3.05, 3.63) is 22.0 Å². The Balaban J connectivity index is 2.29. The summed E-state index contributed by atoms with van der Waals surface area (Å²) in [5.74, 6) is -0.447. The van der Waals surface area contributed by atoms with Gasteiger partial charge in [-0.3, -0.25) is 19.6 Å². The lowest BCUT2D eigenvalue weighted by molar-refractivity contribution is -0.385. The highest BCUT2D eigenvalue weighted by Crippen LogP contribution is 2.20. The summed E-state index contributed by atoms with van der Waals surface area (Å²) < 4.78 is 13.3. The largest absolute Gasteiger partial charge is 0.337 e. The highest BCUT2D eigenvalue weighted by Gasteiger charge is 2.30. The third-order valence-electron chi connectivity index (χ3n) is 2.85. The van der Waals surface area contributed by atoms with E-state index < -0.39 is 17.5 Å². The molecule has 1 aromatic heterocycles. The van der Waals surface area contributed by atoms with Crippen molar-refractivity contribution >= 4 is 11.6 Å². The molecule has 1 fully saturated rings. The second-order valence-electron chi connectivity index (χ2n) is 4.07. The molecule has 0 atom stereocenters. The van der Waals surface area contributed by atoms with Crippen LogP contribution in [0, 0.1) is 10.1 Å². The molecule has 1 aromatic rings. The van der Waals surface area contributed by atoms with Crippen LogP contribution in [0.5, 0.6) is 0 Å². The minimum Gasteiger partial charge on any atom is -0.337 e. The highest BCUT2D eigenvalue weighted by molar-refractivity contribution is 5.96. The molecule has 98 valence electrons. The number of rotatable bonds is 4. The molecule has 1 saturated heterocycles. The molecule has 2 rings (SSSR count). The van der Waals surface area contributed by atoms with Crippen molar-refractivity contribution in [2.45, 2.75) is 19.4 Å². The lowest BCUT2D eigenvalue weighted by Crippen LogP contribution is -2.28. The van der Waals surface area contributed by atoms with E-state index in [1.165, 1.54) is 4.90 Å². The lowest BCUT2D eigenvalue weighted by Gasteiger charge is -2.12. The average Bonchev–Trinajstić information content (AvgIpc) is 2.97. The minimum absolute atomic E-state index is 0.0892. The first-order valence-electron chi connectivity index (χ1n) is 5.70. The van der Waals surface area contributed by atoms with Crippen LogP contribution in [0.3, 0.4) is 0 Å². The summed E-state index contributed by atoms with van der Waals surface area (Å²) in [5.41, 5.74) is -0.560. The Morgan fingerprint density at radius 1 is 1.50 bits per heavy atom. The third kappa shape index (κ3) is 2.31. The number of aryl methyl sites for hydroxylation is 1. The summed E-state index contributed by atoms with van der Waals surface area (Å²) in [6, 6.07) is 0. The molecule has 0 aromatic carbocycles. The molecule has 0 N–H and O–H groups in total. The van der Waals surface area contributed by atoms with Gasteiger partial charge in [-0.1, -0.05) is 0 Å². The van der Waals surface area contributed by atoms with Gasteiger partial charge in [-0.05, 0) is 12.8 Å². The van der Waals surface area contributed by atoms with Crippen molar-refractivity contribution in [2.75, 3.05) is 19.8 Å². The first kappa shape index (κ1) is 12.5. The van der Waals surface area contributed by atoms with Gasteiger partial charge in [0, 0.05) is 13.1 Å². The van der Waals surface area contributed by atoms with Crippen molar-refractivity contribution in [2.24, 2.45) is 0 Å². The number of hydrogen-bond acceptors (Lipinski definition) is 4. The highest BCUT2D eigenvalue weighted by atomic mass is 19.1. The van der Waals surface area contributed by atoms with Gasteiger partial charge in [0.2, 0.25) is 5.69 Å². The number of aromatic nitrogens is 2. The van der Waals surface area contributed by atoms with Gasteiger partial charge in [0.25, 0.3) is 5.91 Å². The molecule has 0 spiro atoms. The Morgan fingerprint density at radius 2 is 2.17 bits per heavy atom. The number of likely N-dealkylation sites (tertiary alicyclic amines) is 1. The van der Waals surface area contributed by atoms with E-state index in [0.29, 0.717) is 13.1 Å². The van der Waals surface area contributed by atoms with E-state index in [1.54, 1.807) is 0 Å². The standard InChI is InChI=1S/C10H13FN4O3/c11-3-6-14-7-8(15(17)18)9(12-14)10(16)13-4-1-2-5-13/h7H,1-6H2. The zero-order chi connectivity index (χ0) is 13.1. The number of carbonyl (C=O) groups excluding carboxylic acids is 1. The zero-order valence-electron chi connectivity index (χ0n) is 9.71. The maximum Gasteiger partial charge on any atom is 0.320 e. The second-order valence-corrected chi connectivity index (χ2v) is 4.07. The fourth-order valence-electron chi connectivity index (χ4n) is 1.97. The van der Waals surface area contributed by atoms with Gasteiger partial charge in [-0.25, -0.2) is 4.39 Å². The maximum absolute atomic E-state index is 12.2. The molecular weight excluding hydrogens is 243 g/mol. The van der Waals surface area contributed by atoms with Crippen LogP contribution >= 0.6 is 0 Å². The van der Waals surface area contributed by atoms with Gasteiger partial charge >= 0.3 is 5.69 Å². The molecular formula is C10H13FN4O3. The summed E-state index contributed by atoms with van der Waals surface area (Å²) in [6.45, 7) is 0.405. The summed E-state index contributed by atoms with van der Waals surface area (Å²) in [7, 11) is 0. The molecule has 0 aliphatic carbocycles. The Kier molecular flexibility index (Phi) is 3.54. The molecule has 7 nitrogen and oxygen atoms in total. The van der Waals surface area contributed by atoms with Crippen LogP contribution in [-0.2, 0) is 6.54 Å². The van der Waals surface area contributed by atoms with Crippen LogP contribution in [0.15, 0.2) is 6.20 Å². The Bertz CT molecular complexity index is 468. The topological polar surface area (TPSA) is 81.3 Å². The summed E-state index contributed by atoms with van der Waals surface area (Å²) in [4.78, 5) is 23.8. The van der Waals surface area contributed by atoms with Gasteiger partial charge in [-0.15, -0.1) is 0 Å². The Labute approximate surface area is 102 Å². The lowest BCUT2D eigenvalue weighted by atomic mass is 10.3. The molecule has 0 radical (unpaired) electrons. The van der Waals surface area contributed by atoms with E-state index in [4.69, 9.17) is 0 Å². The zero-order valence-corrected chi connectivity index (χ0v) is 9.71. The van der Waals surface area contributed by atoms with E-state index in [0.717, 1.165) is 23.7 Å². The van der Waals surface area contributed by atoms with Gasteiger partial charge in [0.05, 0.1) is 11.5 Å². The van der Waals surface area contributed by atoms with Gasteiger partial charge in [0.1, 0.15) is 12.9 Å². The number of hydrogen-bond donors (Lipinski definition) is 0. The maximum atomic E-state index is 12.2. The van der Waals surface area contributed by atoms with Crippen molar-refractivity contribution in [3.8, 4) is 0 Å². The van der Waals surface area contributed by atoms with Crippen LogP contribution in [0.2, 0.25) is 0 Å². The third-order valence-corrected chi connectivity index (χ3v) is 2.85. The smallest absolute Gasteiger partial charge is 0.320 e. The average molecular weight is 256 g/mol. The van der Waals surface area contributed by atoms with Crippen molar-refractivity contribution in [1.82, 2.24) is 14.7 Å². The number of halogens is 1. The summed E-state index contributed by atoms with van der Waals surface area (Å²) >= 11 is 0. The van der Waals surface area contributed by atoms with Gasteiger partial charge < -0.3 is 4.90 Å². The SMILES string of the molecule is O=C(c1nn(CCF)cc1[N+](=O)[O-])N1CCCC1. The molecule has 2 heterocycles.